The molecule has 0 aromatic carbocycles. The highest BCUT2D eigenvalue weighted by Crippen LogP contribution is 2.16. The van der Waals surface area contributed by atoms with E-state index in [1.165, 1.54) is 6.20 Å². The van der Waals surface area contributed by atoms with Crippen LogP contribution in [0.3, 0.4) is 0 Å². The average molecular weight is 260 g/mol. The first kappa shape index (κ1) is 13.0. The number of imidazole rings is 1. The molecule has 2 heterocycles. The summed E-state index contributed by atoms with van der Waals surface area (Å²) in [4.78, 5) is 25.0. The number of aromatic nitrogens is 3. The molecular weight excluding hydrogens is 244 g/mol. The maximum Gasteiger partial charge on any atom is 0.257 e. The Hall–Kier alpha value is -2.41. The van der Waals surface area contributed by atoms with Crippen molar-refractivity contribution in [2.45, 2.75) is 13.5 Å². The number of nitrogens with two attached hydrogens (primary N) is 1. The maximum absolute atomic E-state index is 12.3. The van der Waals surface area contributed by atoms with E-state index in [1.807, 2.05) is 6.92 Å². The summed E-state index contributed by atoms with van der Waals surface area (Å²) in [7, 11) is 1.70. The first-order chi connectivity index (χ1) is 9.11. The number of aryl methyl sites for hydroxylation is 1. The van der Waals surface area contributed by atoms with Crippen LogP contribution in [0.15, 0.2) is 24.7 Å². The number of nitrogen functional groups attached to an aromatic ring is 1. The highest BCUT2D eigenvalue weighted by atomic mass is 16.2. The van der Waals surface area contributed by atoms with Crippen LogP contribution in [0.4, 0.5) is 5.69 Å². The maximum atomic E-state index is 12.3. The van der Waals surface area contributed by atoms with Gasteiger partial charge in [0.2, 0.25) is 0 Å². The lowest BCUT2D eigenvalue weighted by atomic mass is 10.2. The number of rotatable bonds is 4. The highest BCUT2D eigenvalue weighted by molar-refractivity contribution is 5.99. The van der Waals surface area contributed by atoms with Crippen LogP contribution in [0.2, 0.25) is 0 Å². The molecule has 7 nitrogen and oxygen atoms in total. The fourth-order valence-corrected chi connectivity index (χ4v) is 1.74. The summed E-state index contributed by atoms with van der Waals surface area (Å²) in [6.07, 6.45) is 4.88. The molecular formula is C12H16N6O. The Morgan fingerprint density at radius 1 is 1.53 bits per heavy atom. The van der Waals surface area contributed by atoms with Gasteiger partial charge in [0.15, 0.2) is 0 Å². The van der Waals surface area contributed by atoms with E-state index >= 15 is 0 Å². The highest BCUT2D eigenvalue weighted by Gasteiger charge is 2.17. The van der Waals surface area contributed by atoms with Crippen LogP contribution in [0.25, 0.3) is 0 Å². The van der Waals surface area contributed by atoms with Crippen molar-refractivity contribution in [2.24, 2.45) is 5.84 Å². The monoisotopic (exact) mass is 260 g/mol. The first-order valence-electron chi connectivity index (χ1n) is 5.79. The van der Waals surface area contributed by atoms with Crippen molar-refractivity contribution in [1.29, 1.82) is 0 Å². The molecule has 0 bridgehead atoms. The quantitative estimate of drug-likeness (QED) is 0.554. The summed E-state index contributed by atoms with van der Waals surface area (Å²) in [5.41, 5.74) is 4.30. The number of H-pyrrole nitrogens is 1. The van der Waals surface area contributed by atoms with Gasteiger partial charge in [0.25, 0.3) is 5.91 Å². The normalized spacial score (nSPS) is 10.3. The predicted octanol–water partition coefficient (Wildman–Crippen LogP) is 0.671. The molecule has 0 spiro atoms. The van der Waals surface area contributed by atoms with E-state index in [9.17, 15) is 4.79 Å². The molecule has 100 valence electrons. The number of hydrazine groups is 1. The molecule has 0 saturated carbocycles. The molecule has 0 atom stereocenters. The third-order valence-corrected chi connectivity index (χ3v) is 2.72. The summed E-state index contributed by atoms with van der Waals surface area (Å²) in [5, 5.41) is 0. The summed E-state index contributed by atoms with van der Waals surface area (Å²) in [6.45, 7) is 2.23. The Morgan fingerprint density at radius 3 is 2.95 bits per heavy atom. The van der Waals surface area contributed by atoms with Crippen LogP contribution in [0.1, 0.15) is 21.9 Å². The lowest BCUT2D eigenvalue weighted by Gasteiger charge is -2.17. The minimum Gasteiger partial charge on any atom is -0.347 e. The molecule has 0 radical (unpaired) electrons. The number of pyridine rings is 1. The third kappa shape index (κ3) is 2.89. The summed E-state index contributed by atoms with van der Waals surface area (Å²) >= 11 is 0. The number of aromatic amines is 1. The lowest BCUT2D eigenvalue weighted by Crippen LogP contribution is -2.28. The largest absolute Gasteiger partial charge is 0.347 e. The Labute approximate surface area is 110 Å². The van der Waals surface area contributed by atoms with E-state index in [2.05, 4.69) is 20.4 Å². The number of carbonyl (C=O) groups is 1. The van der Waals surface area contributed by atoms with Gasteiger partial charge in [0.05, 0.1) is 17.8 Å². The van der Waals surface area contributed by atoms with E-state index in [0.29, 0.717) is 17.8 Å². The van der Waals surface area contributed by atoms with Crippen LogP contribution in [-0.4, -0.2) is 32.8 Å². The van der Waals surface area contributed by atoms with Crippen LogP contribution in [0.5, 0.6) is 0 Å². The van der Waals surface area contributed by atoms with Crippen LogP contribution < -0.4 is 11.3 Å². The molecule has 0 saturated heterocycles. The van der Waals surface area contributed by atoms with Crippen LogP contribution in [-0.2, 0) is 6.54 Å². The van der Waals surface area contributed by atoms with Gasteiger partial charge in [-0.05, 0) is 13.0 Å². The van der Waals surface area contributed by atoms with Crippen molar-refractivity contribution in [3.8, 4) is 0 Å². The number of anilines is 1. The third-order valence-electron chi connectivity index (χ3n) is 2.72. The molecule has 0 aliphatic heterocycles. The minimum absolute atomic E-state index is 0.170. The van der Waals surface area contributed by atoms with Gasteiger partial charge in [0.1, 0.15) is 5.82 Å². The van der Waals surface area contributed by atoms with Crippen molar-refractivity contribution < 1.29 is 4.79 Å². The number of hydrogen-bond acceptors (Lipinski definition) is 5. The lowest BCUT2D eigenvalue weighted by molar-refractivity contribution is 0.0782. The molecule has 7 heteroatoms. The number of carbonyl (C=O) groups excluding carboxylic acids is 1. The molecule has 2 rings (SSSR count). The SMILES string of the molecule is Cc1cc(NN)c(C(=O)N(C)Cc2ncc[nH]2)cn1. The number of nitrogens with one attached hydrogen (secondary N) is 2. The molecule has 0 fully saturated rings. The van der Waals surface area contributed by atoms with Crippen molar-refractivity contribution in [2.75, 3.05) is 12.5 Å². The van der Waals surface area contributed by atoms with E-state index in [1.54, 1.807) is 30.4 Å². The van der Waals surface area contributed by atoms with Crippen molar-refractivity contribution in [1.82, 2.24) is 19.9 Å². The summed E-state index contributed by atoms with van der Waals surface area (Å²) in [6, 6.07) is 1.73. The Kier molecular flexibility index (Phi) is 3.76. The summed E-state index contributed by atoms with van der Waals surface area (Å²) < 4.78 is 0. The second-order valence-electron chi connectivity index (χ2n) is 4.21. The van der Waals surface area contributed by atoms with Crippen LogP contribution in [0, 0.1) is 6.92 Å². The zero-order valence-corrected chi connectivity index (χ0v) is 10.8. The van der Waals surface area contributed by atoms with Crippen molar-refractivity contribution in [3.05, 3.63) is 41.7 Å². The smallest absolute Gasteiger partial charge is 0.257 e. The van der Waals surface area contributed by atoms with Crippen molar-refractivity contribution in [3.63, 3.8) is 0 Å². The molecule has 0 unspecified atom stereocenters. The minimum atomic E-state index is -0.170. The average Bonchev–Trinajstić information content (AvgIpc) is 2.90. The molecule has 0 aliphatic carbocycles. The molecule has 2 aromatic heterocycles. The fraction of sp³-hybridized carbons (Fsp3) is 0.250. The van der Waals surface area contributed by atoms with Crippen LogP contribution >= 0.6 is 0 Å². The number of hydrogen-bond donors (Lipinski definition) is 3. The van der Waals surface area contributed by atoms with E-state index in [0.717, 1.165) is 11.5 Å². The van der Waals surface area contributed by atoms with Gasteiger partial charge in [-0.1, -0.05) is 0 Å². The predicted molar refractivity (Wildman–Crippen MR) is 71.2 cm³/mol. The summed E-state index contributed by atoms with van der Waals surface area (Å²) in [5.74, 6) is 5.98. The Bertz CT molecular complexity index is 566. The van der Waals surface area contributed by atoms with Crippen molar-refractivity contribution >= 4 is 11.6 Å². The van der Waals surface area contributed by atoms with Gasteiger partial charge < -0.3 is 15.3 Å². The standard InChI is InChI=1S/C12H16N6O/c1-8-5-10(17-13)9(6-16-8)12(19)18(2)7-11-14-3-4-15-11/h3-6H,7,13H2,1-2H3,(H,14,15)(H,16,17). The second-order valence-corrected chi connectivity index (χ2v) is 4.21. The second kappa shape index (κ2) is 5.49. The topological polar surface area (TPSA) is 99.9 Å². The molecule has 2 aromatic rings. The van der Waals surface area contributed by atoms with Gasteiger partial charge in [-0.25, -0.2) is 4.98 Å². The van der Waals surface area contributed by atoms with Gasteiger partial charge in [0, 0.05) is 31.3 Å². The Balaban J connectivity index is 2.19. The number of amides is 1. The zero-order chi connectivity index (χ0) is 13.8. The fourth-order valence-electron chi connectivity index (χ4n) is 1.74. The van der Waals surface area contributed by atoms with E-state index in [4.69, 9.17) is 5.84 Å². The molecule has 4 N–H and O–H groups in total. The van der Waals surface area contributed by atoms with Gasteiger partial charge in [-0.3, -0.25) is 15.6 Å². The van der Waals surface area contributed by atoms with Gasteiger partial charge in [-0.2, -0.15) is 0 Å². The Morgan fingerprint density at radius 2 is 2.32 bits per heavy atom. The molecule has 1 amide bonds. The van der Waals surface area contributed by atoms with Gasteiger partial charge in [-0.15, -0.1) is 0 Å². The van der Waals surface area contributed by atoms with E-state index < -0.39 is 0 Å². The zero-order valence-electron chi connectivity index (χ0n) is 10.8. The first-order valence-corrected chi connectivity index (χ1v) is 5.79. The van der Waals surface area contributed by atoms with Gasteiger partial charge >= 0.3 is 0 Å². The number of nitrogens with zero attached hydrogens (tertiary/aromatic N) is 3. The van der Waals surface area contributed by atoms with E-state index in [-0.39, 0.29) is 5.91 Å². The molecule has 19 heavy (non-hydrogen) atoms. The molecule has 0 aliphatic rings.